The summed E-state index contributed by atoms with van der Waals surface area (Å²) in [6, 6.07) is 10.7. The molecule has 0 heterocycles. The summed E-state index contributed by atoms with van der Waals surface area (Å²) in [7, 11) is 0. The summed E-state index contributed by atoms with van der Waals surface area (Å²) in [5.74, 6) is -0.326. The van der Waals surface area contributed by atoms with E-state index in [-0.39, 0.29) is 12.4 Å². The number of hydrogen-bond donors (Lipinski definition) is 3. The van der Waals surface area contributed by atoms with Crippen molar-refractivity contribution in [2.24, 2.45) is 5.73 Å². The zero-order valence-electron chi connectivity index (χ0n) is 10.5. The molecule has 2 aromatic rings. The number of rotatable bonds is 4. The van der Waals surface area contributed by atoms with E-state index < -0.39 is 6.03 Å². The lowest BCUT2D eigenvalue weighted by molar-refractivity contribution is 0.259. The van der Waals surface area contributed by atoms with Gasteiger partial charge >= 0.3 is 6.03 Å². The van der Waals surface area contributed by atoms with Crippen molar-refractivity contribution in [1.82, 2.24) is 0 Å². The third kappa shape index (κ3) is 3.86. The number of benzene rings is 2. The largest absolute Gasteiger partial charge is 0.381 e. The average Bonchev–Trinajstić information content (AvgIpc) is 2.39. The first-order chi connectivity index (χ1) is 9.54. The summed E-state index contributed by atoms with van der Waals surface area (Å²) in [6.07, 6.45) is 0. The van der Waals surface area contributed by atoms with E-state index >= 15 is 0 Å². The topological polar surface area (TPSA) is 67.2 Å². The van der Waals surface area contributed by atoms with Gasteiger partial charge in [0.25, 0.3) is 0 Å². The molecule has 2 aromatic carbocycles. The molecular weight excluding hydrogens is 281 g/mol. The van der Waals surface area contributed by atoms with E-state index in [9.17, 15) is 9.18 Å². The van der Waals surface area contributed by atoms with Gasteiger partial charge in [-0.3, -0.25) is 0 Å². The molecule has 0 aliphatic heterocycles. The van der Waals surface area contributed by atoms with Crippen LogP contribution in [0.25, 0.3) is 0 Å². The molecule has 0 saturated carbocycles. The first-order valence-electron chi connectivity index (χ1n) is 5.89. The molecule has 0 atom stereocenters. The van der Waals surface area contributed by atoms with Crippen LogP contribution in [0.15, 0.2) is 42.5 Å². The van der Waals surface area contributed by atoms with Crippen LogP contribution in [-0.4, -0.2) is 6.03 Å². The van der Waals surface area contributed by atoms with Crippen LogP contribution < -0.4 is 16.4 Å². The first kappa shape index (κ1) is 14.1. The molecule has 4 nitrogen and oxygen atoms in total. The van der Waals surface area contributed by atoms with E-state index in [0.717, 1.165) is 5.69 Å². The molecule has 20 heavy (non-hydrogen) atoms. The predicted molar refractivity (Wildman–Crippen MR) is 78.4 cm³/mol. The zero-order valence-corrected chi connectivity index (χ0v) is 11.2. The highest BCUT2D eigenvalue weighted by atomic mass is 35.5. The number of nitrogens with one attached hydrogen (secondary N) is 2. The highest BCUT2D eigenvalue weighted by Crippen LogP contribution is 2.18. The fourth-order valence-corrected chi connectivity index (χ4v) is 1.92. The summed E-state index contributed by atoms with van der Waals surface area (Å²) >= 11 is 5.83. The third-order valence-electron chi connectivity index (χ3n) is 2.62. The lowest BCUT2D eigenvalue weighted by Gasteiger charge is -2.09. The average molecular weight is 294 g/mol. The second-order valence-corrected chi connectivity index (χ2v) is 4.60. The monoisotopic (exact) mass is 293 g/mol. The molecule has 2 rings (SSSR count). The van der Waals surface area contributed by atoms with Crippen molar-refractivity contribution in [3.8, 4) is 0 Å². The van der Waals surface area contributed by atoms with Gasteiger partial charge in [0.2, 0.25) is 0 Å². The number of carbonyl (C=O) groups excluding carboxylic acids is 1. The lowest BCUT2D eigenvalue weighted by Crippen LogP contribution is -2.19. The van der Waals surface area contributed by atoms with E-state index in [2.05, 4.69) is 10.6 Å². The lowest BCUT2D eigenvalue weighted by atomic mass is 10.2. The number of amides is 2. The van der Waals surface area contributed by atoms with Gasteiger partial charge in [-0.15, -0.1) is 0 Å². The van der Waals surface area contributed by atoms with E-state index in [1.165, 1.54) is 12.1 Å². The van der Waals surface area contributed by atoms with Crippen molar-refractivity contribution < 1.29 is 9.18 Å². The molecule has 4 N–H and O–H groups in total. The highest BCUT2D eigenvalue weighted by molar-refractivity contribution is 6.30. The van der Waals surface area contributed by atoms with Gasteiger partial charge in [0.15, 0.2) is 0 Å². The maximum atomic E-state index is 13.6. The number of nitrogens with two attached hydrogens (primary N) is 1. The fourth-order valence-electron chi connectivity index (χ4n) is 1.73. The van der Waals surface area contributed by atoms with Crippen LogP contribution in [0.4, 0.5) is 20.6 Å². The Kier molecular flexibility index (Phi) is 4.42. The van der Waals surface area contributed by atoms with Crippen LogP contribution >= 0.6 is 11.6 Å². The Balaban J connectivity index is 2.07. The Labute approximate surface area is 120 Å². The number of hydrogen-bond acceptors (Lipinski definition) is 2. The summed E-state index contributed by atoms with van der Waals surface area (Å²) in [4.78, 5) is 10.8. The highest BCUT2D eigenvalue weighted by Gasteiger charge is 2.03. The number of primary amides is 1. The Morgan fingerprint density at radius 2 is 1.95 bits per heavy atom. The Morgan fingerprint density at radius 1 is 1.20 bits per heavy atom. The summed E-state index contributed by atoms with van der Waals surface area (Å²) in [6.45, 7) is 0.284. The summed E-state index contributed by atoms with van der Waals surface area (Å²) in [5.41, 5.74) is 6.80. The van der Waals surface area contributed by atoms with Gasteiger partial charge in [0.1, 0.15) is 5.82 Å². The van der Waals surface area contributed by atoms with Gasteiger partial charge in [0, 0.05) is 28.5 Å². The van der Waals surface area contributed by atoms with Crippen molar-refractivity contribution in [3.05, 3.63) is 58.9 Å². The molecule has 2 amide bonds. The number of anilines is 2. The predicted octanol–water partition coefficient (Wildman–Crippen LogP) is 3.58. The fraction of sp³-hybridized carbons (Fsp3) is 0.0714. The van der Waals surface area contributed by atoms with E-state index in [1.807, 2.05) is 0 Å². The molecule has 0 spiro atoms. The molecular formula is C14H13ClFN3O. The molecule has 6 heteroatoms. The number of halogens is 2. The molecule has 0 bridgehead atoms. The number of carbonyl (C=O) groups is 1. The minimum absolute atomic E-state index is 0.284. The zero-order chi connectivity index (χ0) is 14.5. The van der Waals surface area contributed by atoms with Gasteiger partial charge in [-0.25, -0.2) is 9.18 Å². The normalized spacial score (nSPS) is 10.1. The van der Waals surface area contributed by atoms with Crippen molar-refractivity contribution in [2.75, 3.05) is 10.6 Å². The second-order valence-electron chi connectivity index (χ2n) is 4.16. The minimum atomic E-state index is -0.636. The molecule has 104 valence electrons. The number of urea groups is 1. The smallest absolute Gasteiger partial charge is 0.316 e. The Bertz CT molecular complexity index is 634. The Hall–Kier alpha value is -2.27. The van der Waals surface area contributed by atoms with Gasteiger partial charge in [-0.05, 0) is 36.4 Å². The molecule has 0 aromatic heterocycles. The van der Waals surface area contributed by atoms with Crippen molar-refractivity contribution in [1.29, 1.82) is 0 Å². The SMILES string of the molecule is NC(=O)Nc1cccc(NCc2cc(Cl)ccc2F)c1. The molecule has 0 aliphatic carbocycles. The summed E-state index contributed by atoms with van der Waals surface area (Å²) in [5, 5.41) is 6.00. The van der Waals surface area contributed by atoms with Gasteiger partial charge < -0.3 is 16.4 Å². The van der Waals surface area contributed by atoms with Crippen LogP contribution in [0.2, 0.25) is 5.02 Å². The molecule has 0 fully saturated rings. The second kappa shape index (κ2) is 6.25. The van der Waals surface area contributed by atoms with Crippen molar-refractivity contribution >= 4 is 29.0 Å². The molecule has 0 aliphatic rings. The van der Waals surface area contributed by atoms with Crippen molar-refractivity contribution in [2.45, 2.75) is 6.54 Å². The minimum Gasteiger partial charge on any atom is -0.381 e. The van der Waals surface area contributed by atoms with E-state index in [0.29, 0.717) is 16.3 Å². The molecule has 0 saturated heterocycles. The van der Waals surface area contributed by atoms with Gasteiger partial charge in [0.05, 0.1) is 0 Å². The van der Waals surface area contributed by atoms with Crippen LogP contribution in [-0.2, 0) is 6.54 Å². The van der Waals surface area contributed by atoms with E-state index in [4.69, 9.17) is 17.3 Å². The standard InChI is InChI=1S/C14H13ClFN3O/c15-10-4-5-13(16)9(6-10)8-18-11-2-1-3-12(7-11)19-14(17)20/h1-7,18H,8H2,(H3,17,19,20). The maximum absolute atomic E-state index is 13.6. The van der Waals surface area contributed by atoms with Crippen LogP contribution in [0.3, 0.4) is 0 Å². The summed E-state index contributed by atoms with van der Waals surface area (Å²) < 4.78 is 13.6. The quantitative estimate of drug-likeness (QED) is 0.806. The third-order valence-corrected chi connectivity index (χ3v) is 2.86. The van der Waals surface area contributed by atoms with Gasteiger partial charge in [-0.1, -0.05) is 17.7 Å². The molecule has 0 unspecified atom stereocenters. The van der Waals surface area contributed by atoms with Crippen molar-refractivity contribution in [3.63, 3.8) is 0 Å². The van der Waals surface area contributed by atoms with Crippen LogP contribution in [0.1, 0.15) is 5.56 Å². The van der Waals surface area contributed by atoms with Crippen LogP contribution in [0.5, 0.6) is 0 Å². The maximum Gasteiger partial charge on any atom is 0.316 e. The van der Waals surface area contributed by atoms with Crippen LogP contribution in [0, 0.1) is 5.82 Å². The van der Waals surface area contributed by atoms with E-state index in [1.54, 1.807) is 30.3 Å². The Morgan fingerprint density at radius 3 is 2.70 bits per heavy atom. The molecule has 0 radical (unpaired) electrons. The van der Waals surface area contributed by atoms with Gasteiger partial charge in [-0.2, -0.15) is 0 Å². The first-order valence-corrected chi connectivity index (χ1v) is 6.27.